The summed E-state index contributed by atoms with van der Waals surface area (Å²) < 4.78 is 57.5. The molecule has 0 unspecified atom stereocenters. The molecule has 0 fully saturated rings. The van der Waals surface area contributed by atoms with E-state index in [-0.39, 0.29) is 0 Å². The van der Waals surface area contributed by atoms with Crippen LogP contribution in [-0.2, 0) is 21.6 Å². The molecule has 0 saturated carbocycles. The van der Waals surface area contributed by atoms with Crippen LogP contribution in [0.5, 0.6) is 5.75 Å². The highest BCUT2D eigenvalue weighted by atomic mass is 32.2. The molecule has 0 bridgehead atoms. The molecule has 0 radical (unpaired) electrons. The van der Waals surface area contributed by atoms with Crippen LogP contribution in [0.15, 0.2) is 48.5 Å². The summed E-state index contributed by atoms with van der Waals surface area (Å²) >= 11 is 1.89. The molecule has 0 aliphatic heterocycles. The van der Waals surface area contributed by atoms with Crippen LogP contribution in [0.25, 0.3) is 0 Å². The number of hydrogen-bond donors (Lipinski definition) is 2. The number of hydrogen-bond acceptors (Lipinski definition) is 4. The molecule has 0 amide bonds. The number of thioether (sulfide) groups is 1. The minimum absolute atomic E-state index is 0.331. The Hall–Kier alpha value is -1.71. The highest BCUT2D eigenvalue weighted by Crippen LogP contribution is 2.21. The fourth-order valence-electron chi connectivity index (χ4n) is 1.56. The average Bonchev–Trinajstić information content (AvgIpc) is 2.50. The highest BCUT2D eigenvalue weighted by molar-refractivity contribution is 7.97. The molecular weight excluding hydrogens is 377 g/mol. The quantitative estimate of drug-likeness (QED) is 0.589. The van der Waals surface area contributed by atoms with Crippen molar-refractivity contribution in [2.75, 3.05) is 0 Å². The molecule has 0 heterocycles. The van der Waals surface area contributed by atoms with E-state index in [2.05, 4.69) is 31.2 Å². The van der Waals surface area contributed by atoms with Crippen LogP contribution in [0.3, 0.4) is 0 Å². The fourth-order valence-corrected chi connectivity index (χ4v) is 2.52. The van der Waals surface area contributed by atoms with Crippen LogP contribution in [0.4, 0.5) is 13.2 Å². The minimum Gasteiger partial charge on any atom is -0.508 e. The van der Waals surface area contributed by atoms with Crippen molar-refractivity contribution in [3.05, 3.63) is 65.2 Å². The van der Waals surface area contributed by atoms with Crippen molar-refractivity contribution in [2.45, 2.75) is 23.9 Å². The van der Waals surface area contributed by atoms with Crippen LogP contribution in [0.2, 0.25) is 0 Å². The second-order valence-electron chi connectivity index (χ2n) is 5.07. The smallest absolute Gasteiger partial charge is 0.508 e. The lowest BCUT2D eigenvalue weighted by Gasteiger charge is -2.03. The summed E-state index contributed by atoms with van der Waals surface area (Å²) in [6.07, 6.45) is 0. The third-order valence-electron chi connectivity index (χ3n) is 2.89. The molecule has 0 spiro atoms. The van der Waals surface area contributed by atoms with Crippen LogP contribution >= 0.6 is 11.8 Å². The van der Waals surface area contributed by atoms with Gasteiger partial charge in [-0.25, -0.2) is 0 Å². The first-order valence-electron chi connectivity index (χ1n) is 6.94. The van der Waals surface area contributed by atoms with Crippen LogP contribution in [-0.4, -0.2) is 23.6 Å². The second kappa shape index (κ2) is 9.12. The second-order valence-corrected chi connectivity index (χ2v) is 7.46. The van der Waals surface area contributed by atoms with E-state index in [9.17, 15) is 18.3 Å². The van der Waals surface area contributed by atoms with Crippen molar-refractivity contribution in [1.82, 2.24) is 0 Å². The van der Waals surface area contributed by atoms with Gasteiger partial charge in [-0.3, -0.25) is 4.55 Å². The van der Waals surface area contributed by atoms with Gasteiger partial charge >= 0.3 is 15.6 Å². The summed E-state index contributed by atoms with van der Waals surface area (Å²) in [7, 11) is -5.84. The molecule has 9 heteroatoms. The molecular formula is C16H17F3O4S2. The predicted molar refractivity (Wildman–Crippen MR) is 91.9 cm³/mol. The maximum Gasteiger partial charge on any atom is 0.522 e. The van der Waals surface area contributed by atoms with E-state index < -0.39 is 15.6 Å². The summed E-state index contributed by atoms with van der Waals surface area (Å²) in [5.74, 6) is 2.34. The van der Waals surface area contributed by atoms with Gasteiger partial charge in [-0.2, -0.15) is 33.4 Å². The van der Waals surface area contributed by atoms with Crippen molar-refractivity contribution in [1.29, 1.82) is 0 Å². The number of phenolic OH excluding ortho intramolecular Hbond substituents is 1. The van der Waals surface area contributed by atoms with E-state index in [0.29, 0.717) is 5.75 Å². The molecule has 4 nitrogen and oxygen atoms in total. The SMILES string of the molecule is Cc1ccc(CSCc2ccc(O)cc2)cc1.O=S(=O)(O)C(F)(F)F. The number of rotatable bonds is 4. The molecule has 2 aromatic rings. The Labute approximate surface area is 148 Å². The van der Waals surface area contributed by atoms with E-state index in [0.717, 1.165) is 11.5 Å². The van der Waals surface area contributed by atoms with E-state index in [1.807, 2.05) is 23.9 Å². The van der Waals surface area contributed by atoms with E-state index >= 15 is 0 Å². The molecule has 0 aromatic heterocycles. The van der Waals surface area contributed by atoms with Crippen molar-refractivity contribution >= 4 is 21.9 Å². The number of phenols is 1. The Morgan fingerprint density at radius 3 is 1.64 bits per heavy atom. The summed E-state index contributed by atoms with van der Waals surface area (Å²) in [6, 6.07) is 16.1. The lowest BCUT2D eigenvalue weighted by atomic mass is 10.2. The zero-order valence-electron chi connectivity index (χ0n) is 13.2. The van der Waals surface area contributed by atoms with Crippen molar-refractivity contribution in [2.24, 2.45) is 0 Å². The highest BCUT2D eigenvalue weighted by Gasteiger charge is 2.44. The molecule has 0 aliphatic carbocycles. The first-order chi connectivity index (χ1) is 11.5. The van der Waals surface area contributed by atoms with Crippen LogP contribution in [0.1, 0.15) is 16.7 Å². The third kappa shape index (κ3) is 8.28. The number of benzene rings is 2. The van der Waals surface area contributed by atoms with Gasteiger partial charge in [-0.15, -0.1) is 0 Å². The van der Waals surface area contributed by atoms with E-state index in [1.165, 1.54) is 16.7 Å². The van der Waals surface area contributed by atoms with Crippen LogP contribution < -0.4 is 0 Å². The van der Waals surface area contributed by atoms with Gasteiger partial charge in [0.1, 0.15) is 5.75 Å². The number of aryl methyl sites for hydroxylation is 1. The Bertz CT molecular complexity index is 710. The molecule has 0 atom stereocenters. The van der Waals surface area contributed by atoms with Crippen LogP contribution in [0, 0.1) is 6.92 Å². The molecule has 2 N–H and O–H groups in total. The molecule has 0 saturated heterocycles. The summed E-state index contributed by atoms with van der Waals surface area (Å²) in [4.78, 5) is 0. The standard InChI is InChI=1S/C15H16OS.CHF3O3S/c1-12-2-4-13(5-3-12)10-17-11-14-6-8-15(16)9-7-14;2-1(3,4)8(5,6)7/h2-9,16H,10-11H2,1H3;(H,5,6,7). The van der Waals surface area contributed by atoms with Gasteiger partial charge in [0.25, 0.3) is 0 Å². The van der Waals surface area contributed by atoms with Crippen molar-refractivity contribution in [3.63, 3.8) is 0 Å². The number of halogens is 3. The van der Waals surface area contributed by atoms with Gasteiger partial charge in [0.05, 0.1) is 0 Å². The van der Waals surface area contributed by atoms with Gasteiger partial charge in [-0.05, 0) is 30.2 Å². The lowest BCUT2D eigenvalue weighted by molar-refractivity contribution is -0.0510. The zero-order valence-corrected chi connectivity index (χ0v) is 14.8. The molecule has 25 heavy (non-hydrogen) atoms. The molecule has 138 valence electrons. The topological polar surface area (TPSA) is 74.6 Å². The van der Waals surface area contributed by atoms with Gasteiger partial charge < -0.3 is 5.11 Å². The number of alkyl halides is 3. The fraction of sp³-hybridized carbons (Fsp3) is 0.250. The summed E-state index contributed by atoms with van der Waals surface area (Å²) in [6.45, 7) is 2.10. The Balaban J connectivity index is 0.000000333. The summed E-state index contributed by atoms with van der Waals surface area (Å²) in [5.41, 5.74) is -1.62. The zero-order chi connectivity index (χ0) is 19.1. The molecule has 2 rings (SSSR count). The predicted octanol–water partition coefficient (Wildman–Crippen LogP) is 4.53. The molecule has 2 aromatic carbocycles. The van der Waals surface area contributed by atoms with Crippen molar-refractivity contribution < 1.29 is 31.2 Å². The third-order valence-corrected chi connectivity index (χ3v) is 4.55. The van der Waals surface area contributed by atoms with Gasteiger partial charge in [0.2, 0.25) is 0 Å². The Morgan fingerprint density at radius 1 is 0.920 bits per heavy atom. The largest absolute Gasteiger partial charge is 0.522 e. The maximum atomic E-state index is 10.7. The normalized spacial score (nSPS) is 11.6. The lowest BCUT2D eigenvalue weighted by Crippen LogP contribution is -2.21. The van der Waals surface area contributed by atoms with Crippen molar-refractivity contribution in [3.8, 4) is 5.75 Å². The monoisotopic (exact) mass is 394 g/mol. The first kappa shape index (κ1) is 21.3. The Morgan fingerprint density at radius 2 is 1.28 bits per heavy atom. The van der Waals surface area contributed by atoms with Gasteiger partial charge in [0, 0.05) is 11.5 Å². The molecule has 0 aliphatic rings. The number of aromatic hydroxyl groups is 1. The van der Waals surface area contributed by atoms with E-state index in [1.54, 1.807) is 12.1 Å². The minimum atomic E-state index is -5.84. The average molecular weight is 394 g/mol. The van der Waals surface area contributed by atoms with E-state index in [4.69, 9.17) is 13.0 Å². The van der Waals surface area contributed by atoms with Gasteiger partial charge in [-0.1, -0.05) is 42.0 Å². The van der Waals surface area contributed by atoms with Gasteiger partial charge in [0.15, 0.2) is 0 Å². The maximum absolute atomic E-state index is 10.7. The first-order valence-corrected chi connectivity index (χ1v) is 9.53. The summed E-state index contributed by atoms with van der Waals surface area (Å²) in [5, 5.41) is 9.18. The Kier molecular flexibility index (Phi) is 7.78.